The zero-order valence-corrected chi connectivity index (χ0v) is 15.3. The molecule has 1 unspecified atom stereocenters. The molecule has 0 aromatic heterocycles. The molecule has 0 spiro atoms. The van der Waals surface area contributed by atoms with E-state index in [1.165, 1.54) is 0 Å². The molecule has 8 heteroatoms. The molecule has 1 heterocycles. The highest BCUT2D eigenvalue weighted by molar-refractivity contribution is 6.12. The molecule has 1 atom stereocenters. The van der Waals surface area contributed by atoms with Gasteiger partial charge in [0, 0.05) is 12.2 Å². The highest BCUT2D eigenvalue weighted by atomic mass is 16.7. The molecule has 2 aromatic carbocycles. The molecule has 3 amide bonds. The minimum absolute atomic E-state index is 0.0705. The number of hydrogen-bond acceptors (Lipinski definition) is 6. The third kappa shape index (κ3) is 5.52. The van der Waals surface area contributed by atoms with Crippen molar-refractivity contribution in [3.63, 3.8) is 0 Å². The van der Waals surface area contributed by atoms with E-state index in [1.807, 2.05) is 30.3 Å². The van der Waals surface area contributed by atoms with E-state index in [0.29, 0.717) is 10.6 Å². The van der Waals surface area contributed by atoms with Gasteiger partial charge in [-0.2, -0.15) is 0 Å². The van der Waals surface area contributed by atoms with Crippen LogP contribution in [0.5, 0.6) is 0 Å². The van der Waals surface area contributed by atoms with Crippen LogP contribution < -0.4 is 5.32 Å². The molecule has 1 aliphatic heterocycles. The summed E-state index contributed by atoms with van der Waals surface area (Å²) in [6.45, 7) is 0.0705. The Bertz CT molecular complexity index is 909. The highest BCUT2D eigenvalue weighted by Gasteiger charge is 2.29. The Morgan fingerprint density at radius 3 is 2.10 bits per heavy atom. The Balaban J connectivity index is 1.62. The number of nitrogens with one attached hydrogen (secondary N) is 1. The van der Waals surface area contributed by atoms with Crippen LogP contribution in [0.4, 0.5) is 4.79 Å². The van der Waals surface area contributed by atoms with Gasteiger partial charge < -0.3 is 14.9 Å². The van der Waals surface area contributed by atoms with E-state index in [2.05, 4.69) is 5.32 Å². The van der Waals surface area contributed by atoms with Crippen LogP contribution in [0, 0.1) is 0 Å². The molecular weight excluding hydrogens is 376 g/mol. The summed E-state index contributed by atoms with van der Waals surface area (Å²) >= 11 is 0. The maximum absolute atomic E-state index is 12.2. The first kappa shape index (κ1) is 19.8. The molecule has 0 radical (unpaired) electrons. The number of ether oxygens (including phenoxy) is 1. The summed E-state index contributed by atoms with van der Waals surface area (Å²) in [4.78, 5) is 52.4. The van der Waals surface area contributed by atoms with E-state index in [-0.39, 0.29) is 13.0 Å². The van der Waals surface area contributed by atoms with Gasteiger partial charge >= 0.3 is 12.1 Å². The Kier molecular flexibility index (Phi) is 6.36. The van der Waals surface area contributed by atoms with Crippen LogP contribution in [-0.2, 0) is 30.6 Å². The quantitative estimate of drug-likeness (QED) is 0.724. The number of carbonyl (C=O) groups excluding carboxylic acids is 4. The van der Waals surface area contributed by atoms with Crippen LogP contribution in [0.2, 0.25) is 0 Å². The molecule has 1 N–H and O–H groups in total. The van der Waals surface area contributed by atoms with Crippen LogP contribution in [0.3, 0.4) is 0 Å². The van der Waals surface area contributed by atoms with E-state index < -0.39 is 29.9 Å². The van der Waals surface area contributed by atoms with Gasteiger partial charge in [-0.25, -0.2) is 9.59 Å². The van der Waals surface area contributed by atoms with Crippen LogP contribution in [0.25, 0.3) is 0 Å². The van der Waals surface area contributed by atoms with Crippen LogP contribution in [-0.4, -0.2) is 28.9 Å². The number of hydrogen-bond donors (Lipinski definition) is 1. The number of benzene rings is 2. The van der Waals surface area contributed by atoms with E-state index in [9.17, 15) is 19.2 Å². The zero-order chi connectivity index (χ0) is 20.6. The van der Waals surface area contributed by atoms with Crippen molar-refractivity contribution in [2.24, 2.45) is 0 Å². The van der Waals surface area contributed by atoms with E-state index >= 15 is 0 Å². The first-order valence-electron chi connectivity index (χ1n) is 8.82. The van der Waals surface area contributed by atoms with E-state index in [4.69, 9.17) is 9.57 Å². The Labute approximate surface area is 166 Å². The second kappa shape index (κ2) is 9.32. The minimum atomic E-state index is -0.854. The summed E-state index contributed by atoms with van der Waals surface area (Å²) in [5.74, 6) is -2.34. The SMILES string of the molecule is O=C(CC(NC(=O)OCc1ccccc1)c1ccccc1)ON1C(=O)C=CC1=O. The van der Waals surface area contributed by atoms with Gasteiger partial charge in [0.05, 0.1) is 12.5 Å². The second-order valence-electron chi connectivity index (χ2n) is 6.14. The molecular formula is C21H18N2O6. The van der Waals surface area contributed by atoms with E-state index in [0.717, 1.165) is 17.7 Å². The number of nitrogens with zero attached hydrogens (tertiary/aromatic N) is 1. The van der Waals surface area contributed by atoms with Gasteiger partial charge in [-0.3, -0.25) is 9.59 Å². The summed E-state index contributed by atoms with van der Waals surface area (Å²) in [5.41, 5.74) is 1.45. The summed E-state index contributed by atoms with van der Waals surface area (Å²) in [6, 6.07) is 17.1. The Hall–Kier alpha value is -3.94. The molecule has 0 saturated carbocycles. The maximum Gasteiger partial charge on any atom is 0.407 e. The summed E-state index contributed by atoms with van der Waals surface area (Å²) in [7, 11) is 0. The summed E-state index contributed by atoms with van der Waals surface area (Å²) < 4.78 is 5.20. The van der Waals surface area contributed by atoms with Crippen molar-refractivity contribution in [3.8, 4) is 0 Å². The molecule has 8 nitrogen and oxygen atoms in total. The third-order valence-corrected chi connectivity index (χ3v) is 4.04. The lowest BCUT2D eigenvalue weighted by molar-refractivity contribution is -0.196. The Morgan fingerprint density at radius 1 is 0.897 bits per heavy atom. The van der Waals surface area contributed by atoms with Crippen LogP contribution in [0.1, 0.15) is 23.6 Å². The lowest BCUT2D eigenvalue weighted by Gasteiger charge is -2.19. The molecule has 0 bridgehead atoms. The van der Waals surface area contributed by atoms with Crippen molar-refractivity contribution in [2.45, 2.75) is 19.1 Å². The lowest BCUT2D eigenvalue weighted by Crippen LogP contribution is -2.35. The summed E-state index contributed by atoms with van der Waals surface area (Å²) in [6.07, 6.45) is 0.986. The standard InChI is InChI=1S/C21H18N2O6/c24-18-11-12-19(25)23(18)29-20(26)13-17(16-9-5-2-6-10-16)22-21(27)28-14-15-7-3-1-4-8-15/h1-12,17H,13-14H2,(H,22,27). The van der Waals surface area contributed by atoms with Gasteiger partial charge in [-0.1, -0.05) is 65.7 Å². The largest absolute Gasteiger partial charge is 0.445 e. The number of imide groups is 1. The molecule has 148 valence electrons. The zero-order valence-electron chi connectivity index (χ0n) is 15.3. The highest BCUT2D eigenvalue weighted by Crippen LogP contribution is 2.19. The first-order valence-corrected chi connectivity index (χ1v) is 8.82. The predicted octanol–water partition coefficient (Wildman–Crippen LogP) is 2.43. The predicted molar refractivity (Wildman–Crippen MR) is 101 cm³/mol. The Morgan fingerprint density at radius 2 is 1.48 bits per heavy atom. The third-order valence-electron chi connectivity index (χ3n) is 4.04. The van der Waals surface area contributed by atoms with Crippen LogP contribution >= 0.6 is 0 Å². The topological polar surface area (TPSA) is 102 Å². The number of amides is 3. The number of carbonyl (C=O) groups is 4. The fraction of sp³-hybridized carbons (Fsp3) is 0.143. The lowest BCUT2D eigenvalue weighted by atomic mass is 10.0. The monoisotopic (exact) mass is 394 g/mol. The smallest absolute Gasteiger partial charge is 0.407 e. The van der Waals surface area contributed by atoms with Gasteiger partial charge in [0.15, 0.2) is 0 Å². The van der Waals surface area contributed by atoms with Gasteiger partial charge in [-0.15, -0.1) is 0 Å². The molecule has 29 heavy (non-hydrogen) atoms. The number of rotatable bonds is 7. The van der Waals surface area contributed by atoms with Crippen molar-refractivity contribution >= 4 is 23.9 Å². The molecule has 0 aliphatic carbocycles. The van der Waals surface area contributed by atoms with Crippen LogP contribution in [0.15, 0.2) is 72.8 Å². The maximum atomic E-state index is 12.2. The average molecular weight is 394 g/mol. The van der Waals surface area contributed by atoms with Crippen molar-refractivity contribution in [1.82, 2.24) is 10.4 Å². The fourth-order valence-electron chi connectivity index (χ4n) is 2.63. The fourth-order valence-corrected chi connectivity index (χ4v) is 2.63. The summed E-state index contributed by atoms with van der Waals surface area (Å²) in [5, 5.41) is 2.99. The van der Waals surface area contributed by atoms with Crippen molar-refractivity contribution in [2.75, 3.05) is 0 Å². The van der Waals surface area contributed by atoms with Crippen molar-refractivity contribution < 1.29 is 28.8 Å². The molecule has 2 aromatic rings. The van der Waals surface area contributed by atoms with Gasteiger partial charge in [0.1, 0.15) is 6.61 Å². The van der Waals surface area contributed by atoms with Gasteiger partial charge in [-0.05, 0) is 11.1 Å². The van der Waals surface area contributed by atoms with Crippen molar-refractivity contribution in [1.29, 1.82) is 0 Å². The molecule has 1 aliphatic rings. The second-order valence-corrected chi connectivity index (χ2v) is 6.14. The van der Waals surface area contributed by atoms with Crippen molar-refractivity contribution in [3.05, 3.63) is 83.9 Å². The van der Waals surface area contributed by atoms with Gasteiger partial charge in [0.25, 0.3) is 11.8 Å². The molecule has 0 saturated heterocycles. The normalized spacial score (nSPS) is 13.9. The minimum Gasteiger partial charge on any atom is -0.445 e. The van der Waals surface area contributed by atoms with Gasteiger partial charge in [0.2, 0.25) is 0 Å². The molecule has 3 rings (SSSR count). The number of alkyl carbamates (subject to hydrolysis) is 1. The van der Waals surface area contributed by atoms with E-state index in [1.54, 1.807) is 30.3 Å². The number of hydroxylamine groups is 2. The molecule has 0 fully saturated rings. The first-order chi connectivity index (χ1) is 14.0. The average Bonchev–Trinajstić information content (AvgIpc) is 3.05.